The molecule has 27 heavy (non-hydrogen) atoms. The summed E-state index contributed by atoms with van der Waals surface area (Å²) in [5, 5.41) is 12.3. The predicted octanol–water partition coefficient (Wildman–Crippen LogP) is 2.07. The lowest BCUT2D eigenvalue weighted by Gasteiger charge is -2.35. The van der Waals surface area contributed by atoms with Crippen LogP contribution in [0.2, 0.25) is 0 Å². The minimum atomic E-state index is -0.957. The standard InChI is InChI=1S/C20H29N3O4/c1-14(2)4-3-5-18(24)23-12-16(10-17(13-23)20(26)27)19(25)22-11-15-6-8-21-9-7-15/h6-9,14,16-17H,3-5,10-13H2,1-2H3,(H,22,25)(H,26,27). The number of rotatable bonds is 8. The van der Waals surface area contributed by atoms with Crippen LogP contribution in [0, 0.1) is 17.8 Å². The van der Waals surface area contributed by atoms with Gasteiger partial charge in [0.05, 0.1) is 11.8 Å². The summed E-state index contributed by atoms with van der Waals surface area (Å²) in [6, 6.07) is 3.62. The Morgan fingerprint density at radius 2 is 1.89 bits per heavy atom. The van der Waals surface area contributed by atoms with Gasteiger partial charge in [-0.3, -0.25) is 19.4 Å². The molecule has 0 aromatic carbocycles. The Balaban J connectivity index is 1.94. The molecule has 7 heteroatoms. The molecule has 0 aliphatic carbocycles. The van der Waals surface area contributed by atoms with Crippen LogP contribution in [-0.4, -0.2) is 45.9 Å². The summed E-state index contributed by atoms with van der Waals surface area (Å²) in [5.74, 6) is -1.91. The number of hydrogen-bond donors (Lipinski definition) is 2. The number of piperidine rings is 1. The monoisotopic (exact) mass is 375 g/mol. The van der Waals surface area contributed by atoms with Gasteiger partial charge in [-0.25, -0.2) is 0 Å². The second-order valence-electron chi connectivity index (χ2n) is 7.63. The van der Waals surface area contributed by atoms with Crippen molar-refractivity contribution < 1.29 is 19.5 Å². The highest BCUT2D eigenvalue weighted by Crippen LogP contribution is 2.24. The van der Waals surface area contributed by atoms with E-state index in [9.17, 15) is 19.5 Å². The van der Waals surface area contributed by atoms with E-state index in [-0.39, 0.29) is 31.3 Å². The zero-order chi connectivity index (χ0) is 19.8. The van der Waals surface area contributed by atoms with Gasteiger partial charge < -0.3 is 15.3 Å². The SMILES string of the molecule is CC(C)CCCC(=O)N1CC(C(=O)O)CC(C(=O)NCc2ccncc2)C1. The van der Waals surface area contributed by atoms with Crippen LogP contribution >= 0.6 is 0 Å². The fourth-order valence-corrected chi connectivity index (χ4v) is 3.33. The molecule has 7 nitrogen and oxygen atoms in total. The van der Waals surface area contributed by atoms with Gasteiger partial charge >= 0.3 is 5.97 Å². The smallest absolute Gasteiger partial charge is 0.308 e. The molecule has 148 valence electrons. The first-order chi connectivity index (χ1) is 12.9. The number of likely N-dealkylation sites (tertiary alicyclic amines) is 1. The average Bonchev–Trinajstić information content (AvgIpc) is 2.66. The molecule has 1 fully saturated rings. The summed E-state index contributed by atoms with van der Waals surface area (Å²) in [7, 11) is 0. The largest absolute Gasteiger partial charge is 0.481 e. The van der Waals surface area contributed by atoms with E-state index in [1.807, 2.05) is 12.1 Å². The maximum atomic E-state index is 12.6. The first kappa shape index (κ1) is 20.9. The molecule has 2 N–H and O–H groups in total. The van der Waals surface area contributed by atoms with Crippen LogP contribution in [-0.2, 0) is 20.9 Å². The fourth-order valence-electron chi connectivity index (χ4n) is 3.33. The Morgan fingerprint density at radius 1 is 1.22 bits per heavy atom. The van der Waals surface area contributed by atoms with E-state index >= 15 is 0 Å². The van der Waals surface area contributed by atoms with Crippen molar-refractivity contribution >= 4 is 17.8 Å². The number of nitrogens with zero attached hydrogens (tertiary/aromatic N) is 2. The third-order valence-corrected chi connectivity index (χ3v) is 4.91. The minimum Gasteiger partial charge on any atom is -0.481 e. The Hall–Kier alpha value is -2.44. The third kappa shape index (κ3) is 6.66. The fraction of sp³-hybridized carbons (Fsp3) is 0.600. The lowest BCUT2D eigenvalue weighted by molar-refractivity contribution is -0.148. The number of hydrogen-bond acceptors (Lipinski definition) is 4. The van der Waals surface area contributed by atoms with Gasteiger partial charge in [-0.15, -0.1) is 0 Å². The van der Waals surface area contributed by atoms with Crippen molar-refractivity contribution in [3.8, 4) is 0 Å². The number of carbonyl (C=O) groups is 3. The van der Waals surface area contributed by atoms with Crippen molar-refractivity contribution in [1.82, 2.24) is 15.2 Å². The molecular formula is C20H29N3O4. The van der Waals surface area contributed by atoms with Crippen molar-refractivity contribution in [1.29, 1.82) is 0 Å². The van der Waals surface area contributed by atoms with Crippen LogP contribution in [0.4, 0.5) is 0 Å². The highest BCUT2D eigenvalue weighted by molar-refractivity contribution is 5.83. The maximum absolute atomic E-state index is 12.6. The third-order valence-electron chi connectivity index (χ3n) is 4.91. The molecular weight excluding hydrogens is 346 g/mol. The molecule has 2 rings (SSSR count). The lowest BCUT2D eigenvalue weighted by atomic mass is 9.88. The predicted molar refractivity (Wildman–Crippen MR) is 101 cm³/mol. The van der Waals surface area contributed by atoms with Gasteiger partial charge in [0, 0.05) is 38.4 Å². The van der Waals surface area contributed by atoms with Gasteiger partial charge in [-0.2, -0.15) is 0 Å². The summed E-state index contributed by atoms with van der Waals surface area (Å²) < 4.78 is 0. The van der Waals surface area contributed by atoms with Crippen molar-refractivity contribution in [3.63, 3.8) is 0 Å². The van der Waals surface area contributed by atoms with Gasteiger partial charge in [0.15, 0.2) is 0 Å². The van der Waals surface area contributed by atoms with Crippen LogP contribution in [0.5, 0.6) is 0 Å². The highest BCUT2D eigenvalue weighted by atomic mass is 16.4. The second-order valence-corrected chi connectivity index (χ2v) is 7.63. The zero-order valence-corrected chi connectivity index (χ0v) is 16.1. The number of carbonyl (C=O) groups excluding carboxylic acids is 2. The topological polar surface area (TPSA) is 99.6 Å². The Bertz CT molecular complexity index is 648. The van der Waals surface area contributed by atoms with Crippen LogP contribution < -0.4 is 5.32 Å². The van der Waals surface area contributed by atoms with E-state index in [4.69, 9.17) is 0 Å². The first-order valence-electron chi connectivity index (χ1n) is 9.54. The minimum absolute atomic E-state index is 0.0615. The van der Waals surface area contributed by atoms with Crippen LogP contribution in [0.15, 0.2) is 24.5 Å². The lowest BCUT2D eigenvalue weighted by Crippen LogP contribution is -2.50. The van der Waals surface area contributed by atoms with E-state index in [0.29, 0.717) is 18.9 Å². The molecule has 1 saturated heterocycles. The molecule has 2 amide bonds. The molecule has 0 bridgehead atoms. The Labute approximate surface area is 160 Å². The molecule has 0 spiro atoms. The summed E-state index contributed by atoms with van der Waals surface area (Å²) in [5.41, 5.74) is 0.922. The molecule has 2 unspecified atom stereocenters. The molecule has 0 radical (unpaired) electrons. The van der Waals surface area contributed by atoms with E-state index < -0.39 is 17.8 Å². The van der Waals surface area contributed by atoms with Crippen LogP contribution in [0.1, 0.15) is 45.1 Å². The van der Waals surface area contributed by atoms with E-state index in [0.717, 1.165) is 18.4 Å². The van der Waals surface area contributed by atoms with Gasteiger partial charge in [-0.05, 0) is 36.5 Å². The molecule has 1 aliphatic rings. The Morgan fingerprint density at radius 3 is 2.52 bits per heavy atom. The molecule has 1 aromatic heterocycles. The van der Waals surface area contributed by atoms with Crippen LogP contribution in [0.25, 0.3) is 0 Å². The van der Waals surface area contributed by atoms with E-state index in [2.05, 4.69) is 24.1 Å². The van der Waals surface area contributed by atoms with Crippen molar-refractivity contribution in [2.75, 3.05) is 13.1 Å². The number of pyridine rings is 1. The molecule has 0 saturated carbocycles. The first-order valence-corrected chi connectivity index (χ1v) is 9.54. The molecule has 2 atom stereocenters. The number of aromatic nitrogens is 1. The van der Waals surface area contributed by atoms with Gasteiger partial charge in [0.25, 0.3) is 0 Å². The highest BCUT2D eigenvalue weighted by Gasteiger charge is 2.36. The number of carboxylic acid groups (broad SMARTS) is 1. The second kappa shape index (κ2) is 10.0. The van der Waals surface area contributed by atoms with Crippen molar-refractivity contribution in [2.45, 2.75) is 46.1 Å². The Kier molecular flexibility index (Phi) is 7.76. The van der Waals surface area contributed by atoms with Gasteiger partial charge in [0.2, 0.25) is 11.8 Å². The molecule has 1 aromatic rings. The van der Waals surface area contributed by atoms with Gasteiger partial charge in [-0.1, -0.05) is 20.3 Å². The number of carboxylic acids is 1. The van der Waals surface area contributed by atoms with Crippen LogP contribution in [0.3, 0.4) is 0 Å². The molecule has 2 heterocycles. The summed E-state index contributed by atoms with van der Waals surface area (Å²) in [6.07, 6.45) is 5.70. The zero-order valence-electron chi connectivity index (χ0n) is 16.1. The summed E-state index contributed by atoms with van der Waals surface area (Å²) in [4.78, 5) is 42.0. The van der Waals surface area contributed by atoms with Gasteiger partial charge in [0.1, 0.15) is 0 Å². The maximum Gasteiger partial charge on any atom is 0.308 e. The average molecular weight is 375 g/mol. The number of aliphatic carboxylic acids is 1. The molecule has 1 aliphatic heterocycles. The van der Waals surface area contributed by atoms with E-state index in [1.54, 1.807) is 17.3 Å². The number of nitrogens with one attached hydrogen (secondary N) is 1. The summed E-state index contributed by atoms with van der Waals surface area (Å²) in [6.45, 7) is 5.04. The quantitative estimate of drug-likeness (QED) is 0.725. The summed E-state index contributed by atoms with van der Waals surface area (Å²) >= 11 is 0. The van der Waals surface area contributed by atoms with Crippen molar-refractivity contribution in [2.24, 2.45) is 17.8 Å². The number of amides is 2. The normalized spacial score (nSPS) is 19.7. The van der Waals surface area contributed by atoms with E-state index in [1.165, 1.54) is 0 Å². The van der Waals surface area contributed by atoms with Crippen molar-refractivity contribution in [3.05, 3.63) is 30.1 Å².